The van der Waals surface area contributed by atoms with Crippen LogP contribution in [-0.4, -0.2) is 19.4 Å². The number of hydrogen-bond donors (Lipinski definition) is 1. The molecule has 0 fully saturated rings. The molecular formula is C9H11FN2O4S. The number of nitrogens with zero attached hydrogens (tertiary/aromatic N) is 1. The molecule has 0 bridgehead atoms. The molecule has 0 atom stereocenters. The summed E-state index contributed by atoms with van der Waals surface area (Å²) in [4.78, 5) is 8.97. The number of sulfonamides is 1. The lowest BCUT2D eigenvalue weighted by molar-refractivity contribution is -0.385. The van der Waals surface area contributed by atoms with E-state index in [4.69, 9.17) is 0 Å². The van der Waals surface area contributed by atoms with Crippen LogP contribution < -0.4 is 4.72 Å². The van der Waals surface area contributed by atoms with Crippen molar-refractivity contribution in [1.29, 1.82) is 0 Å². The quantitative estimate of drug-likeness (QED) is 0.656. The molecule has 0 saturated carbocycles. The van der Waals surface area contributed by atoms with Gasteiger partial charge in [0.05, 0.1) is 11.0 Å². The lowest BCUT2D eigenvalue weighted by Crippen LogP contribution is -2.30. The molecule has 0 aliphatic carbocycles. The highest BCUT2D eigenvalue weighted by Crippen LogP contribution is 2.20. The second-order valence-electron chi connectivity index (χ2n) is 3.65. The van der Waals surface area contributed by atoms with Gasteiger partial charge >= 0.3 is 0 Å². The van der Waals surface area contributed by atoms with Crippen molar-refractivity contribution in [1.82, 2.24) is 4.72 Å². The maximum Gasteiger partial charge on any atom is 0.272 e. The van der Waals surface area contributed by atoms with Crippen molar-refractivity contribution in [2.45, 2.75) is 24.8 Å². The van der Waals surface area contributed by atoms with E-state index in [-0.39, 0.29) is 0 Å². The Hall–Kier alpha value is -1.54. The molecule has 17 heavy (non-hydrogen) atoms. The minimum absolute atomic E-state index is 0.394. The molecule has 0 aromatic heterocycles. The number of halogens is 1. The second kappa shape index (κ2) is 4.76. The fraction of sp³-hybridized carbons (Fsp3) is 0.333. The second-order valence-corrected chi connectivity index (χ2v) is 5.33. The average molecular weight is 262 g/mol. The van der Waals surface area contributed by atoms with Gasteiger partial charge in [0.2, 0.25) is 10.0 Å². The van der Waals surface area contributed by atoms with Crippen molar-refractivity contribution < 1.29 is 17.7 Å². The standard InChI is InChI=1S/C9H11FN2O4S/c1-6(2)11-17(15,16)9-4-3-7(12(13)14)5-8(9)10/h3-6,11H,1-2H3. The summed E-state index contributed by atoms with van der Waals surface area (Å²) >= 11 is 0. The van der Waals surface area contributed by atoms with Gasteiger partial charge in [-0.25, -0.2) is 17.5 Å². The summed E-state index contributed by atoms with van der Waals surface area (Å²) in [5, 5.41) is 10.4. The minimum Gasteiger partial charge on any atom is -0.258 e. The summed E-state index contributed by atoms with van der Waals surface area (Å²) < 4.78 is 38.9. The van der Waals surface area contributed by atoms with Crippen molar-refractivity contribution in [2.24, 2.45) is 0 Å². The van der Waals surface area contributed by atoms with Crippen molar-refractivity contribution in [3.05, 3.63) is 34.1 Å². The molecule has 1 rings (SSSR count). The average Bonchev–Trinajstić information content (AvgIpc) is 2.14. The normalized spacial score (nSPS) is 11.8. The third kappa shape index (κ3) is 3.21. The molecule has 94 valence electrons. The molecule has 6 nitrogen and oxygen atoms in total. The molecule has 1 aromatic rings. The van der Waals surface area contributed by atoms with Gasteiger partial charge in [0.25, 0.3) is 5.69 Å². The van der Waals surface area contributed by atoms with Crippen LogP contribution in [0.1, 0.15) is 13.8 Å². The first-order valence-electron chi connectivity index (χ1n) is 4.70. The zero-order chi connectivity index (χ0) is 13.2. The van der Waals surface area contributed by atoms with Crippen molar-refractivity contribution in [3.63, 3.8) is 0 Å². The predicted molar refractivity (Wildman–Crippen MR) is 58.5 cm³/mol. The number of rotatable bonds is 4. The van der Waals surface area contributed by atoms with E-state index in [1.807, 2.05) is 0 Å². The Balaban J connectivity index is 3.21. The Morgan fingerprint density at radius 3 is 2.41 bits per heavy atom. The highest BCUT2D eigenvalue weighted by molar-refractivity contribution is 7.89. The van der Waals surface area contributed by atoms with Gasteiger partial charge in [-0.2, -0.15) is 0 Å². The van der Waals surface area contributed by atoms with Crippen LogP contribution in [0.25, 0.3) is 0 Å². The van der Waals surface area contributed by atoms with E-state index in [1.54, 1.807) is 13.8 Å². The van der Waals surface area contributed by atoms with Gasteiger partial charge in [0.1, 0.15) is 10.7 Å². The van der Waals surface area contributed by atoms with E-state index in [1.165, 1.54) is 0 Å². The summed E-state index contributed by atoms with van der Waals surface area (Å²) in [6, 6.07) is 2.00. The van der Waals surface area contributed by atoms with E-state index >= 15 is 0 Å². The van der Waals surface area contributed by atoms with Crippen LogP contribution in [0.3, 0.4) is 0 Å². The van der Waals surface area contributed by atoms with Crippen molar-refractivity contribution in [3.8, 4) is 0 Å². The van der Waals surface area contributed by atoms with Crippen molar-refractivity contribution in [2.75, 3.05) is 0 Å². The fourth-order valence-corrected chi connectivity index (χ4v) is 2.51. The Kier molecular flexibility index (Phi) is 3.79. The van der Waals surface area contributed by atoms with Crippen LogP contribution in [0, 0.1) is 15.9 Å². The third-order valence-electron chi connectivity index (χ3n) is 1.81. The van der Waals surface area contributed by atoms with Gasteiger partial charge in [-0.05, 0) is 19.9 Å². The van der Waals surface area contributed by atoms with Gasteiger partial charge in [-0.15, -0.1) is 0 Å². The summed E-state index contributed by atoms with van der Waals surface area (Å²) in [6.45, 7) is 3.17. The first kappa shape index (κ1) is 13.5. The number of nitrogens with one attached hydrogen (secondary N) is 1. The van der Waals surface area contributed by atoms with E-state index in [0.29, 0.717) is 6.07 Å². The molecule has 0 saturated heterocycles. The first-order chi connectivity index (χ1) is 7.74. The zero-order valence-electron chi connectivity index (χ0n) is 9.18. The number of hydrogen-bond acceptors (Lipinski definition) is 4. The largest absolute Gasteiger partial charge is 0.272 e. The number of nitro groups is 1. The smallest absolute Gasteiger partial charge is 0.258 e. The maximum absolute atomic E-state index is 13.4. The van der Waals surface area contributed by atoms with Crippen LogP contribution in [0.5, 0.6) is 0 Å². The molecule has 0 aliphatic rings. The van der Waals surface area contributed by atoms with Crippen LogP contribution in [0.2, 0.25) is 0 Å². The monoisotopic (exact) mass is 262 g/mol. The number of nitro benzene ring substituents is 1. The lowest BCUT2D eigenvalue weighted by Gasteiger charge is -2.09. The maximum atomic E-state index is 13.4. The lowest BCUT2D eigenvalue weighted by atomic mass is 10.3. The van der Waals surface area contributed by atoms with E-state index < -0.39 is 37.4 Å². The van der Waals surface area contributed by atoms with Gasteiger partial charge in [0.15, 0.2) is 0 Å². The van der Waals surface area contributed by atoms with Crippen LogP contribution in [0.15, 0.2) is 23.1 Å². The highest BCUT2D eigenvalue weighted by Gasteiger charge is 2.22. The topological polar surface area (TPSA) is 89.3 Å². The van der Waals surface area contributed by atoms with Gasteiger partial charge in [-0.3, -0.25) is 10.1 Å². The summed E-state index contributed by atoms with van der Waals surface area (Å²) in [7, 11) is -3.98. The van der Waals surface area contributed by atoms with E-state index in [0.717, 1.165) is 12.1 Å². The summed E-state index contributed by atoms with van der Waals surface area (Å²) in [5.74, 6) is -1.15. The molecule has 8 heteroatoms. The molecule has 0 heterocycles. The molecule has 0 amide bonds. The Morgan fingerprint density at radius 2 is 2.00 bits per heavy atom. The number of benzene rings is 1. The fourth-order valence-electron chi connectivity index (χ4n) is 1.20. The molecule has 0 radical (unpaired) electrons. The Morgan fingerprint density at radius 1 is 1.41 bits per heavy atom. The molecule has 0 unspecified atom stereocenters. The van der Waals surface area contributed by atoms with Crippen LogP contribution in [0.4, 0.5) is 10.1 Å². The molecule has 1 aromatic carbocycles. The summed E-state index contributed by atoms with van der Waals surface area (Å²) in [5.41, 5.74) is -0.494. The first-order valence-corrected chi connectivity index (χ1v) is 6.18. The zero-order valence-corrected chi connectivity index (χ0v) is 9.99. The molecular weight excluding hydrogens is 251 g/mol. The van der Waals surface area contributed by atoms with Gasteiger partial charge < -0.3 is 0 Å². The Bertz CT molecular complexity index is 542. The Labute approximate surface area is 97.7 Å². The molecule has 0 aliphatic heterocycles. The SMILES string of the molecule is CC(C)NS(=O)(=O)c1ccc([N+](=O)[O-])cc1F. The predicted octanol–water partition coefficient (Wildman–Crippen LogP) is 1.42. The highest BCUT2D eigenvalue weighted by atomic mass is 32.2. The molecule has 0 spiro atoms. The summed E-state index contributed by atoms with van der Waals surface area (Å²) in [6.07, 6.45) is 0. The van der Waals surface area contributed by atoms with E-state index in [9.17, 15) is 22.9 Å². The molecule has 1 N–H and O–H groups in total. The van der Waals surface area contributed by atoms with E-state index in [2.05, 4.69) is 4.72 Å². The minimum atomic E-state index is -3.98. The van der Waals surface area contributed by atoms with Crippen molar-refractivity contribution >= 4 is 15.7 Å². The number of non-ortho nitro benzene ring substituents is 1. The van der Waals surface area contributed by atoms with Crippen LogP contribution in [-0.2, 0) is 10.0 Å². The third-order valence-corrected chi connectivity index (χ3v) is 3.50. The van der Waals surface area contributed by atoms with Gasteiger partial charge in [0, 0.05) is 12.1 Å². The van der Waals surface area contributed by atoms with Gasteiger partial charge in [-0.1, -0.05) is 0 Å². The van der Waals surface area contributed by atoms with Crippen LogP contribution >= 0.6 is 0 Å².